The highest BCUT2D eigenvalue weighted by atomic mass is 19.1. The van der Waals surface area contributed by atoms with Gasteiger partial charge in [0.05, 0.1) is 5.69 Å². The Labute approximate surface area is 107 Å². The van der Waals surface area contributed by atoms with Crippen molar-refractivity contribution >= 4 is 11.7 Å². The molecule has 1 aromatic carbocycles. The van der Waals surface area contributed by atoms with Crippen LogP contribution in [0.25, 0.3) is 0 Å². The Balaban J connectivity index is 2.06. The predicted molar refractivity (Wildman–Crippen MR) is 70.2 cm³/mol. The SMILES string of the molecule is Cc1cccc(F)c1NC(=O)N1CCCCCC1. The largest absolute Gasteiger partial charge is 0.325 e. The lowest BCUT2D eigenvalue weighted by molar-refractivity contribution is 0.213. The first-order chi connectivity index (χ1) is 8.68. The van der Waals surface area contributed by atoms with Gasteiger partial charge in [-0.15, -0.1) is 0 Å². The van der Waals surface area contributed by atoms with Gasteiger partial charge in [-0.2, -0.15) is 0 Å². The molecule has 2 rings (SSSR count). The number of para-hydroxylation sites is 1. The molecule has 0 radical (unpaired) electrons. The maximum absolute atomic E-state index is 13.6. The third-order valence-electron chi connectivity index (χ3n) is 3.35. The Morgan fingerprint density at radius 3 is 2.50 bits per heavy atom. The molecule has 1 aliphatic rings. The minimum absolute atomic E-state index is 0.190. The van der Waals surface area contributed by atoms with Crippen LogP contribution < -0.4 is 5.32 Å². The van der Waals surface area contributed by atoms with Crippen molar-refractivity contribution in [2.75, 3.05) is 18.4 Å². The van der Waals surface area contributed by atoms with Gasteiger partial charge < -0.3 is 10.2 Å². The number of carbonyl (C=O) groups is 1. The molecule has 0 spiro atoms. The Bertz CT molecular complexity index is 406. The highest BCUT2D eigenvalue weighted by Gasteiger charge is 2.17. The molecule has 0 bridgehead atoms. The molecule has 1 aliphatic heterocycles. The van der Waals surface area contributed by atoms with Gasteiger partial charge in [-0.3, -0.25) is 0 Å². The van der Waals surface area contributed by atoms with Crippen LogP contribution in [0, 0.1) is 12.7 Å². The average Bonchev–Trinajstić information content (AvgIpc) is 2.62. The summed E-state index contributed by atoms with van der Waals surface area (Å²) in [5.41, 5.74) is 1.05. The normalized spacial score (nSPS) is 16.2. The van der Waals surface area contributed by atoms with Gasteiger partial charge in [0.25, 0.3) is 0 Å². The maximum atomic E-state index is 13.6. The molecule has 4 heteroatoms. The van der Waals surface area contributed by atoms with Crippen molar-refractivity contribution in [2.45, 2.75) is 32.6 Å². The monoisotopic (exact) mass is 250 g/mol. The van der Waals surface area contributed by atoms with E-state index in [1.807, 2.05) is 0 Å². The molecular weight excluding hydrogens is 231 g/mol. The molecule has 3 nitrogen and oxygen atoms in total. The van der Waals surface area contributed by atoms with Crippen LogP contribution in [0.4, 0.5) is 14.9 Å². The summed E-state index contributed by atoms with van der Waals surface area (Å²) in [5.74, 6) is -0.377. The zero-order valence-electron chi connectivity index (χ0n) is 10.7. The third-order valence-corrected chi connectivity index (χ3v) is 3.35. The van der Waals surface area contributed by atoms with E-state index >= 15 is 0 Å². The van der Waals surface area contributed by atoms with Gasteiger partial charge in [-0.25, -0.2) is 9.18 Å². The number of nitrogens with one attached hydrogen (secondary N) is 1. The smallest absolute Gasteiger partial charge is 0.321 e. The number of urea groups is 1. The van der Waals surface area contributed by atoms with Crippen LogP contribution in [0.2, 0.25) is 0 Å². The lowest BCUT2D eigenvalue weighted by Crippen LogP contribution is -2.36. The van der Waals surface area contributed by atoms with E-state index in [1.165, 1.54) is 18.9 Å². The van der Waals surface area contributed by atoms with E-state index in [4.69, 9.17) is 0 Å². The second kappa shape index (κ2) is 5.85. The standard InChI is InChI=1S/C14H19FN2O/c1-11-7-6-8-12(15)13(11)16-14(18)17-9-4-2-3-5-10-17/h6-8H,2-5,9-10H2,1H3,(H,16,18). The summed E-state index contributed by atoms with van der Waals surface area (Å²) in [6.45, 7) is 3.32. The Kier molecular flexibility index (Phi) is 4.18. The van der Waals surface area contributed by atoms with Gasteiger partial charge in [0.1, 0.15) is 5.82 Å². The summed E-state index contributed by atoms with van der Waals surface area (Å²) in [6, 6.07) is 4.61. The second-order valence-electron chi connectivity index (χ2n) is 4.76. The molecule has 1 N–H and O–H groups in total. The van der Waals surface area contributed by atoms with E-state index in [0.717, 1.165) is 31.5 Å². The highest BCUT2D eigenvalue weighted by Crippen LogP contribution is 2.20. The fourth-order valence-electron chi connectivity index (χ4n) is 2.25. The summed E-state index contributed by atoms with van der Waals surface area (Å²) in [5, 5.41) is 2.69. The number of amides is 2. The van der Waals surface area contributed by atoms with Crippen LogP contribution in [0.1, 0.15) is 31.2 Å². The van der Waals surface area contributed by atoms with Crippen LogP contribution in [-0.2, 0) is 0 Å². The van der Waals surface area contributed by atoms with Crippen molar-refractivity contribution in [2.24, 2.45) is 0 Å². The van der Waals surface area contributed by atoms with Crippen molar-refractivity contribution in [3.8, 4) is 0 Å². The summed E-state index contributed by atoms with van der Waals surface area (Å²) in [6.07, 6.45) is 4.40. The second-order valence-corrected chi connectivity index (χ2v) is 4.76. The van der Waals surface area contributed by atoms with Gasteiger partial charge in [-0.05, 0) is 31.4 Å². The maximum Gasteiger partial charge on any atom is 0.321 e. The third kappa shape index (κ3) is 3.00. The van der Waals surface area contributed by atoms with Gasteiger partial charge in [0.15, 0.2) is 0 Å². The zero-order chi connectivity index (χ0) is 13.0. The molecule has 0 atom stereocenters. The number of rotatable bonds is 1. The van der Waals surface area contributed by atoms with Crippen molar-refractivity contribution < 1.29 is 9.18 Å². The number of hydrogen-bond donors (Lipinski definition) is 1. The van der Waals surface area contributed by atoms with Crippen LogP contribution in [0.3, 0.4) is 0 Å². The van der Waals surface area contributed by atoms with Crippen LogP contribution >= 0.6 is 0 Å². The molecule has 0 aliphatic carbocycles. The van der Waals surface area contributed by atoms with Gasteiger partial charge in [0.2, 0.25) is 0 Å². The highest BCUT2D eigenvalue weighted by molar-refractivity contribution is 5.90. The van der Waals surface area contributed by atoms with E-state index in [9.17, 15) is 9.18 Å². The molecule has 18 heavy (non-hydrogen) atoms. The quantitative estimate of drug-likeness (QED) is 0.812. The summed E-state index contributed by atoms with van der Waals surface area (Å²) >= 11 is 0. The van der Waals surface area contributed by atoms with Gasteiger partial charge in [-0.1, -0.05) is 25.0 Å². The number of nitrogens with zero attached hydrogens (tertiary/aromatic N) is 1. The first-order valence-corrected chi connectivity index (χ1v) is 6.49. The average molecular weight is 250 g/mol. The molecule has 98 valence electrons. The summed E-state index contributed by atoms with van der Waals surface area (Å²) in [7, 11) is 0. The molecule has 1 fully saturated rings. The van der Waals surface area contributed by atoms with Gasteiger partial charge >= 0.3 is 6.03 Å². The van der Waals surface area contributed by atoms with Crippen molar-refractivity contribution in [1.82, 2.24) is 4.90 Å². The van der Waals surface area contributed by atoms with Crippen molar-refractivity contribution in [1.29, 1.82) is 0 Å². The van der Waals surface area contributed by atoms with Crippen LogP contribution in [0.5, 0.6) is 0 Å². The number of halogens is 1. The van der Waals surface area contributed by atoms with E-state index < -0.39 is 0 Å². The fraction of sp³-hybridized carbons (Fsp3) is 0.500. The summed E-state index contributed by atoms with van der Waals surface area (Å²) in [4.78, 5) is 13.8. The number of likely N-dealkylation sites (tertiary alicyclic amines) is 1. The van der Waals surface area contributed by atoms with Crippen LogP contribution in [-0.4, -0.2) is 24.0 Å². The number of hydrogen-bond acceptors (Lipinski definition) is 1. The van der Waals surface area contributed by atoms with Crippen molar-refractivity contribution in [3.63, 3.8) is 0 Å². The van der Waals surface area contributed by atoms with Gasteiger partial charge in [0, 0.05) is 13.1 Å². The number of carbonyl (C=O) groups excluding carboxylic acids is 1. The van der Waals surface area contributed by atoms with Crippen LogP contribution in [0.15, 0.2) is 18.2 Å². The summed E-state index contributed by atoms with van der Waals surface area (Å²) < 4.78 is 13.6. The first-order valence-electron chi connectivity index (χ1n) is 6.49. The topological polar surface area (TPSA) is 32.3 Å². The first kappa shape index (κ1) is 12.9. The lowest BCUT2D eigenvalue weighted by atomic mass is 10.2. The number of benzene rings is 1. The van der Waals surface area contributed by atoms with Crippen molar-refractivity contribution in [3.05, 3.63) is 29.6 Å². The molecule has 0 unspecified atom stereocenters. The molecular formula is C14H19FN2O. The predicted octanol–water partition coefficient (Wildman–Crippen LogP) is 3.54. The molecule has 0 saturated carbocycles. The molecule has 0 aromatic heterocycles. The fourth-order valence-corrected chi connectivity index (χ4v) is 2.25. The van der Waals surface area contributed by atoms with E-state index in [1.54, 1.807) is 24.0 Å². The molecule has 1 heterocycles. The Morgan fingerprint density at radius 1 is 1.22 bits per heavy atom. The minimum atomic E-state index is -0.377. The zero-order valence-corrected chi connectivity index (χ0v) is 10.7. The van der Waals surface area contributed by atoms with E-state index in [2.05, 4.69) is 5.32 Å². The lowest BCUT2D eigenvalue weighted by Gasteiger charge is -2.21. The Hall–Kier alpha value is -1.58. The van der Waals surface area contributed by atoms with E-state index in [0.29, 0.717) is 5.69 Å². The molecule has 2 amide bonds. The number of anilines is 1. The minimum Gasteiger partial charge on any atom is -0.325 e. The number of aryl methyl sites for hydroxylation is 1. The molecule has 1 saturated heterocycles. The Morgan fingerprint density at radius 2 is 1.89 bits per heavy atom. The van der Waals surface area contributed by atoms with E-state index in [-0.39, 0.29) is 11.8 Å². The molecule has 1 aromatic rings.